The molecule has 3 aliphatic heterocycles. The SMILES string of the molecule is C1=CCNC(c2ccc3c(c2)OC2=C(C=CCC2)c2ccccc2Oc2cc(-n4c5c(c6ccccc64)CNC=C5)ccc2-3)=C1. The van der Waals surface area contributed by atoms with Gasteiger partial charge in [0, 0.05) is 75.7 Å². The molecule has 0 unspecified atom stereocenters. The minimum absolute atomic E-state index is 0.781. The van der Waals surface area contributed by atoms with Gasteiger partial charge in [0.1, 0.15) is 23.0 Å². The quantitative estimate of drug-likeness (QED) is 0.217. The third kappa shape index (κ3) is 4.31. The van der Waals surface area contributed by atoms with Gasteiger partial charge in [0.15, 0.2) is 0 Å². The van der Waals surface area contributed by atoms with Crippen LogP contribution in [0, 0.1) is 0 Å². The van der Waals surface area contributed by atoms with Gasteiger partial charge >= 0.3 is 0 Å². The Labute approximate surface area is 262 Å². The summed E-state index contributed by atoms with van der Waals surface area (Å²) in [7, 11) is 0. The van der Waals surface area contributed by atoms with Crippen LogP contribution in [0.15, 0.2) is 127 Å². The molecule has 0 radical (unpaired) electrons. The zero-order chi connectivity index (χ0) is 29.7. The molecule has 218 valence electrons. The molecule has 5 nitrogen and oxygen atoms in total. The summed E-state index contributed by atoms with van der Waals surface area (Å²) in [5.41, 5.74) is 11.0. The summed E-state index contributed by atoms with van der Waals surface area (Å²) < 4.78 is 16.2. The minimum atomic E-state index is 0.781. The van der Waals surface area contributed by atoms with E-state index in [2.05, 4.69) is 131 Å². The van der Waals surface area contributed by atoms with Crippen molar-refractivity contribution >= 4 is 28.2 Å². The van der Waals surface area contributed by atoms with Crippen molar-refractivity contribution in [1.82, 2.24) is 15.2 Å². The highest BCUT2D eigenvalue weighted by Crippen LogP contribution is 2.46. The first-order valence-electron chi connectivity index (χ1n) is 15.6. The Kier molecular flexibility index (Phi) is 6.01. The van der Waals surface area contributed by atoms with Crippen molar-refractivity contribution in [3.8, 4) is 34.1 Å². The lowest BCUT2D eigenvalue weighted by molar-refractivity contribution is 0.405. The number of hydrogen-bond donors (Lipinski definition) is 2. The van der Waals surface area contributed by atoms with Crippen molar-refractivity contribution in [2.45, 2.75) is 19.4 Å². The Morgan fingerprint density at radius 1 is 0.733 bits per heavy atom. The number of nitrogens with one attached hydrogen (secondary N) is 2. The average Bonchev–Trinajstić information content (AvgIpc) is 3.44. The maximum absolute atomic E-state index is 6.97. The van der Waals surface area contributed by atoms with Crippen LogP contribution in [0.1, 0.15) is 35.2 Å². The molecular weight excluding hydrogens is 554 g/mol. The molecule has 0 atom stereocenters. The predicted octanol–water partition coefficient (Wildman–Crippen LogP) is 9.12. The van der Waals surface area contributed by atoms with Crippen LogP contribution in [0.5, 0.6) is 17.2 Å². The van der Waals surface area contributed by atoms with E-state index in [1.807, 2.05) is 12.3 Å². The minimum Gasteiger partial charge on any atom is -0.460 e. The van der Waals surface area contributed by atoms with Gasteiger partial charge in [-0.1, -0.05) is 66.8 Å². The molecule has 45 heavy (non-hydrogen) atoms. The maximum atomic E-state index is 6.97. The van der Waals surface area contributed by atoms with Crippen LogP contribution in [0.3, 0.4) is 0 Å². The first-order valence-corrected chi connectivity index (χ1v) is 15.6. The zero-order valence-corrected chi connectivity index (χ0v) is 24.7. The number of rotatable bonds is 2. The highest BCUT2D eigenvalue weighted by Gasteiger charge is 2.25. The van der Waals surface area contributed by atoms with Crippen molar-refractivity contribution in [3.63, 3.8) is 0 Å². The largest absolute Gasteiger partial charge is 0.460 e. The Morgan fingerprint density at radius 3 is 2.53 bits per heavy atom. The van der Waals surface area contributed by atoms with Gasteiger partial charge in [-0.3, -0.25) is 0 Å². The molecule has 9 rings (SSSR count). The van der Waals surface area contributed by atoms with E-state index >= 15 is 0 Å². The molecule has 0 saturated heterocycles. The fourth-order valence-electron chi connectivity index (χ4n) is 6.90. The second-order valence-corrected chi connectivity index (χ2v) is 11.7. The second kappa shape index (κ2) is 10.5. The molecule has 4 aliphatic rings. The highest BCUT2D eigenvalue weighted by atomic mass is 16.5. The van der Waals surface area contributed by atoms with Crippen LogP contribution in [0.2, 0.25) is 0 Å². The fourth-order valence-corrected chi connectivity index (χ4v) is 6.90. The molecule has 0 fully saturated rings. The van der Waals surface area contributed by atoms with E-state index in [0.717, 1.165) is 88.2 Å². The number of dihydropyridines is 1. The Hall–Kier alpha value is -5.68. The maximum Gasteiger partial charge on any atom is 0.137 e. The van der Waals surface area contributed by atoms with E-state index < -0.39 is 0 Å². The molecule has 5 heteroatoms. The van der Waals surface area contributed by atoms with E-state index in [1.165, 1.54) is 22.2 Å². The summed E-state index contributed by atoms with van der Waals surface area (Å²) in [6.07, 6.45) is 16.7. The smallest absolute Gasteiger partial charge is 0.137 e. The standard InChI is InChI=1S/C40H31N3O2/c1-4-13-35-28(9-1)33-25-41-22-20-36(33)43(35)27-17-19-32-31-18-16-26(34-12-7-8-21-42-34)23-39(31)44-37-14-5-2-10-29(37)30-11-3-6-15-38(30)45-40(32)24-27/h1-4,6-13,15-20,22-24,41-42H,5,14,21,25H2. The third-order valence-corrected chi connectivity index (χ3v) is 9.03. The molecule has 4 aromatic carbocycles. The van der Waals surface area contributed by atoms with Crippen molar-refractivity contribution < 1.29 is 9.47 Å². The lowest BCUT2D eigenvalue weighted by Gasteiger charge is -2.25. The van der Waals surface area contributed by atoms with Gasteiger partial charge in [0.25, 0.3) is 0 Å². The van der Waals surface area contributed by atoms with Gasteiger partial charge in [-0.2, -0.15) is 0 Å². The van der Waals surface area contributed by atoms with Crippen LogP contribution in [-0.4, -0.2) is 11.1 Å². The summed E-state index contributed by atoms with van der Waals surface area (Å²) in [5.74, 6) is 3.37. The molecule has 2 N–H and O–H groups in total. The summed E-state index contributed by atoms with van der Waals surface area (Å²) in [6.45, 7) is 1.61. The number of aromatic nitrogens is 1. The molecule has 1 aliphatic carbocycles. The number of allylic oxidation sites excluding steroid dienone is 6. The van der Waals surface area contributed by atoms with Gasteiger partial charge in [0.2, 0.25) is 0 Å². The molecule has 1 aromatic heterocycles. The van der Waals surface area contributed by atoms with Gasteiger partial charge in [-0.15, -0.1) is 0 Å². The number of fused-ring (bicyclic) bond motifs is 8. The molecule has 0 spiro atoms. The van der Waals surface area contributed by atoms with Crippen molar-refractivity contribution in [3.05, 3.63) is 150 Å². The summed E-state index contributed by atoms with van der Waals surface area (Å²) in [5, 5.41) is 8.15. The molecular formula is C40H31N3O2. The number of para-hydroxylation sites is 2. The van der Waals surface area contributed by atoms with Gasteiger partial charge < -0.3 is 24.7 Å². The summed E-state index contributed by atoms with van der Waals surface area (Å²) in [4.78, 5) is 0. The topological polar surface area (TPSA) is 47.5 Å². The summed E-state index contributed by atoms with van der Waals surface area (Å²) in [6, 6.07) is 30.0. The molecule has 4 heterocycles. The van der Waals surface area contributed by atoms with Crippen LogP contribution < -0.4 is 20.1 Å². The average molecular weight is 586 g/mol. The van der Waals surface area contributed by atoms with E-state index in [9.17, 15) is 0 Å². The third-order valence-electron chi connectivity index (χ3n) is 9.03. The van der Waals surface area contributed by atoms with Crippen LogP contribution in [-0.2, 0) is 6.54 Å². The summed E-state index contributed by atoms with van der Waals surface area (Å²) >= 11 is 0. The Balaban J connectivity index is 1.29. The van der Waals surface area contributed by atoms with Crippen molar-refractivity contribution in [2.24, 2.45) is 0 Å². The van der Waals surface area contributed by atoms with E-state index in [0.29, 0.717) is 0 Å². The predicted molar refractivity (Wildman–Crippen MR) is 182 cm³/mol. The molecule has 0 amide bonds. The monoisotopic (exact) mass is 585 g/mol. The van der Waals surface area contributed by atoms with Crippen LogP contribution >= 0.6 is 0 Å². The lowest BCUT2D eigenvalue weighted by Crippen LogP contribution is -2.14. The van der Waals surface area contributed by atoms with E-state index in [4.69, 9.17) is 9.47 Å². The number of benzene rings is 4. The van der Waals surface area contributed by atoms with Crippen LogP contribution in [0.4, 0.5) is 0 Å². The highest BCUT2D eigenvalue weighted by molar-refractivity contribution is 5.91. The van der Waals surface area contributed by atoms with Gasteiger partial charge in [-0.05, 0) is 61.2 Å². The second-order valence-electron chi connectivity index (χ2n) is 11.7. The normalized spacial score (nSPS) is 16.1. The van der Waals surface area contributed by atoms with Crippen molar-refractivity contribution in [2.75, 3.05) is 6.54 Å². The van der Waals surface area contributed by atoms with E-state index in [-0.39, 0.29) is 0 Å². The number of nitrogens with zero attached hydrogens (tertiary/aromatic N) is 1. The zero-order valence-electron chi connectivity index (χ0n) is 24.7. The first-order chi connectivity index (χ1) is 22.3. The van der Waals surface area contributed by atoms with Crippen molar-refractivity contribution in [1.29, 1.82) is 0 Å². The fraction of sp³-hybridized carbons (Fsp3) is 0.100. The molecule has 0 saturated carbocycles. The number of hydrogen-bond acceptors (Lipinski definition) is 4. The van der Waals surface area contributed by atoms with Crippen LogP contribution in [0.25, 0.3) is 45.1 Å². The van der Waals surface area contributed by atoms with E-state index in [1.54, 1.807) is 0 Å². The van der Waals surface area contributed by atoms with Gasteiger partial charge in [-0.25, -0.2) is 0 Å². The Morgan fingerprint density at radius 2 is 1.60 bits per heavy atom. The lowest BCUT2D eigenvalue weighted by atomic mass is 9.95. The Bertz CT molecular complexity index is 2180. The molecule has 0 bridgehead atoms. The molecule has 5 aromatic rings. The van der Waals surface area contributed by atoms with Gasteiger partial charge in [0.05, 0.1) is 11.2 Å². The number of ether oxygens (including phenoxy) is 2. The first kappa shape index (κ1) is 25.8.